The van der Waals surface area contributed by atoms with Gasteiger partial charge in [0.1, 0.15) is 5.69 Å². The number of oxazole rings is 1. The van der Waals surface area contributed by atoms with Gasteiger partial charge in [0, 0.05) is 23.1 Å². The van der Waals surface area contributed by atoms with E-state index in [-0.39, 0.29) is 5.92 Å². The Balaban J connectivity index is 1.44. The first-order valence-electron chi connectivity index (χ1n) is 13.1. The molecule has 194 valence electrons. The summed E-state index contributed by atoms with van der Waals surface area (Å²) in [5.74, 6) is 1.35. The number of aliphatic hydroxyl groups is 1. The first-order chi connectivity index (χ1) is 18.6. The summed E-state index contributed by atoms with van der Waals surface area (Å²) in [4.78, 5) is 26.8. The second-order valence-corrected chi connectivity index (χ2v) is 9.55. The topological polar surface area (TPSA) is 81.8 Å². The van der Waals surface area contributed by atoms with Crippen LogP contribution in [-0.2, 0) is 16.1 Å². The molecule has 1 N–H and O–H groups in total. The van der Waals surface area contributed by atoms with Gasteiger partial charge in [-0.3, -0.25) is 9.78 Å². The Morgan fingerprint density at radius 2 is 1.74 bits per heavy atom. The third-order valence-corrected chi connectivity index (χ3v) is 6.63. The molecule has 0 radical (unpaired) electrons. The van der Waals surface area contributed by atoms with Gasteiger partial charge in [0.2, 0.25) is 5.89 Å². The van der Waals surface area contributed by atoms with Crippen LogP contribution in [0.2, 0.25) is 0 Å². The molecule has 4 aromatic rings. The quantitative estimate of drug-likeness (QED) is 0.192. The van der Waals surface area contributed by atoms with Crippen molar-refractivity contribution in [1.82, 2.24) is 4.98 Å². The molecule has 1 aliphatic carbocycles. The Morgan fingerprint density at radius 3 is 2.47 bits per heavy atom. The van der Waals surface area contributed by atoms with Crippen molar-refractivity contribution in [2.75, 3.05) is 0 Å². The van der Waals surface area contributed by atoms with Crippen LogP contribution in [0.5, 0.6) is 5.75 Å². The van der Waals surface area contributed by atoms with E-state index in [0.29, 0.717) is 43.7 Å². The minimum atomic E-state index is -0.435. The number of hydrogen-bond acceptors (Lipinski definition) is 6. The lowest BCUT2D eigenvalue weighted by Crippen LogP contribution is -2.21. The van der Waals surface area contributed by atoms with Crippen molar-refractivity contribution in [1.29, 1.82) is 0 Å². The first kappa shape index (κ1) is 25.5. The predicted octanol–water partition coefficient (Wildman–Crippen LogP) is 7.04. The van der Waals surface area contributed by atoms with E-state index in [0.717, 1.165) is 33.7 Å². The Labute approximate surface area is 222 Å². The average Bonchev–Trinajstić information content (AvgIpc) is 3.39. The average molecular weight is 510 g/mol. The van der Waals surface area contributed by atoms with Crippen LogP contribution in [0.25, 0.3) is 28.2 Å². The number of carbonyl (C=O) groups excluding carboxylic acids is 1. The maximum atomic E-state index is 11.7. The molecule has 0 aliphatic heterocycles. The minimum absolute atomic E-state index is 0.0115. The number of nitrogens with zero attached hydrogens (tertiary/aromatic N) is 1. The molecule has 1 aliphatic rings. The van der Waals surface area contributed by atoms with Gasteiger partial charge < -0.3 is 9.52 Å². The maximum Gasteiger partial charge on any atom is 0.355 e. The number of benzene rings is 3. The summed E-state index contributed by atoms with van der Waals surface area (Å²) in [6.07, 6.45) is 4.39. The van der Waals surface area contributed by atoms with Gasteiger partial charge in [-0.25, -0.2) is 9.78 Å². The lowest BCUT2D eigenvalue weighted by molar-refractivity contribution is -0.213. The van der Waals surface area contributed by atoms with Crippen LogP contribution in [0.1, 0.15) is 44.1 Å². The van der Waals surface area contributed by atoms with E-state index in [2.05, 4.69) is 0 Å². The zero-order chi connectivity index (χ0) is 26.3. The maximum absolute atomic E-state index is 11.7. The fourth-order valence-corrected chi connectivity index (χ4v) is 4.81. The molecule has 0 amide bonds. The molecule has 3 aromatic carbocycles. The highest BCUT2D eigenvalue weighted by molar-refractivity contribution is 5.79. The fourth-order valence-electron chi connectivity index (χ4n) is 4.81. The van der Waals surface area contributed by atoms with E-state index in [4.69, 9.17) is 19.2 Å². The molecule has 1 heterocycles. The van der Waals surface area contributed by atoms with Gasteiger partial charge in [-0.05, 0) is 49.3 Å². The molecule has 0 fully saturated rings. The number of aromatic nitrogens is 1. The lowest BCUT2D eigenvalue weighted by atomic mass is 9.82. The molecular formula is C32H31NO5. The number of aliphatic hydroxyl groups excluding tert-OH is 1. The Morgan fingerprint density at radius 1 is 1.00 bits per heavy atom. The van der Waals surface area contributed by atoms with Crippen LogP contribution in [0.4, 0.5) is 0 Å². The SMILES string of the molecule is CCCC(=O)OOc1cccc(C[C@@H]2C[C@H](O)CC=C2c2nc(-c3ccccc3)c(-c3ccccc3)o2)c1. The monoisotopic (exact) mass is 509 g/mol. The van der Waals surface area contributed by atoms with E-state index in [1.807, 2.05) is 91.9 Å². The van der Waals surface area contributed by atoms with Crippen molar-refractivity contribution in [3.8, 4) is 28.3 Å². The number of rotatable bonds is 9. The van der Waals surface area contributed by atoms with Crippen LogP contribution in [0, 0.1) is 5.92 Å². The molecular weight excluding hydrogens is 478 g/mol. The lowest BCUT2D eigenvalue weighted by Gasteiger charge is -2.26. The second-order valence-electron chi connectivity index (χ2n) is 9.55. The standard InChI is InChI=1S/C32H31NO5/c1-2-10-29(35)38-37-27-16-9-11-22(20-27)19-25-21-26(34)17-18-28(25)32-33-30(23-12-5-3-6-13-23)31(36-32)24-14-7-4-8-15-24/h3-9,11-16,18,20,25-26,34H,2,10,17,19,21H2,1H3/t25-,26-/m1/s1. The summed E-state index contributed by atoms with van der Waals surface area (Å²) in [6.45, 7) is 1.91. The number of allylic oxidation sites excluding steroid dienone is 1. The molecule has 0 bridgehead atoms. The minimum Gasteiger partial charge on any atom is -0.436 e. The van der Waals surface area contributed by atoms with Gasteiger partial charge in [-0.2, -0.15) is 0 Å². The largest absolute Gasteiger partial charge is 0.436 e. The molecule has 2 atom stereocenters. The smallest absolute Gasteiger partial charge is 0.355 e. The Hall–Kier alpha value is -4.16. The molecule has 6 nitrogen and oxygen atoms in total. The van der Waals surface area contributed by atoms with E-state index in [1.54, 1.807) is 6.07 Å². The van der Waals surface area contributed by atoms with Crippen LogP contribution in [0.3, 0.4) is 0 Å². The van der Waals surface area contributed by atoms with Crippen molar-refractivity contribution < 1.29 is 24.1 Å². The van der Waals surface area contributed by atoms with Gasteiger partial charge in [-0.1, -0.05) is 85.8 Å². The van der Waals surface area contributed by atoms with Crippen LogP contribution in [-0.4, -0.2) is 22.2 Å². The van der Waals surface area contributed by atoms with E-state index in [1.165, 1.54) is 0 Å². The molecule has 1 aromatic heterocycles. The van der Waals surface area contributed by atoms with Crippen molar-refractivity contribution in [2.24, 2.45) is 5.92 Å². The van der Waals surface area contributed by atoms with Crippen LogP contribution < -0.4 is 4.89 Å². The fraction of sp³-hybridized carbons (Fsp3) is 0.250. The van der Waals surface area contributed by atoms with Gasteiger partial charge >= 0.3 is 5.97 Å². The zero-order valence-electron chi connectivity index (χ0n) is 21.4. The molecule has 0 saturated heterocycles. The number of hydrogen-bond donors (Lipinski definition) is 1. The van der Waals surface area contributed by atoms with Gasteiger partial charge in [0.25, 0.3) is 0 Å². The summed E-state index contributed by atoms with van der Waals surface area (Å²) < 4.78 is 6.47. The highest BCUT2D eigenvalue weighted by atomic mass is 17.2. The molecule has 0 saturated carbocycles. The van der Waals surface area contributed by atoms with E-state index < -0.39 is 12.1 Å². The van der Waals surface area contributed by atoms with Gasteiger partial charge in [0.15, 0.2) is 11.5 Å². The highest BCUT2D eigenvalue weighted by Gasteiger charge is 2.29. The summed E-state index contributed by atoms with van der Waals surface area (Å²) in [5, 5.41) is 10.5. The Kier molecular flexibility index (Phi) is 8.00. The first-order valence-corrected chi connectivity index (χ1v) is 13.1. The second kappa shape index (κ2) is 11.9. The van der Waals surface area contributed by atoms with Gasteiger partial charge in [-0.15, -0.1) is 0 Å². The van der Waals surface area contributed by atoms with Crippen LogP contribution in [0.15, 0.2) is 95.4 Å². The molecule has 6 heteroatoms. The summed E-state index contributed by atoms with van der Waals surface area (Å²) in [5.41, 5.74) is 4.71. The van der Waals surface area contributed by atoms with Crippen molar-refractivity contribution in [2.45, 2.75) is 45.1 Å². The number of carbonyl (C=O) groups is 1. The van der Waals surface area contributed by atoms with Crippen molar-refractivity contribution in [3.63, 3.8) is 0 Å². The zero-order valence-corrected chi connectivity index (χ0v) is 21.4. The van der Waals surface area contributed by atoms with Crippen molar-refractivity contribution >= 4 is 11.5 Å². The van der Waals surface area contributed by atoms with E-state index in [9.17, 15) is 9.90 Å². The third-order valence-electron chi connectivity index (χ3n) is 6.63. The summed E-state index contributed by atoms with van der Waals surface area (Å²) in [7, 11) is 0. The molecule has 38 heavy (non-hydrogen) atoms. The molecule has 0 spiro atoms. The molecule has 0 unspecified atom stereocenters. The third kappa shape index (κ3) is 6.03. The molecule has 5 rings (SSSR count). The normalized spacial score (nSPS) is 17.1. The van der Waals surface area contributed by atoms with Gasteiger partial charge in [0.05, 0.1) is 6.10 Å². The summed E-state index contributed by atoms with van der Waals surface area (Å²) in [6, 6.07) is 27.5. The van der Waals surface area contributed by atoms with E-state index >= 15 is 0 Å². The Bertz CT molecular complexity index is 1340. The van der Waals surface area contributed by atoms with Crippen molar-refractivity contribution in [3.05, 3.63) is 102 Å². The predicted molar refractivity (Wildman–Crippen MR) is 146 cm³/mol. The van der Waals surface area contributed by atoms with Crippen LogP contribution >= 0.6 is 0 Å². The summed E-state index contributed by atoms with van der Waals surface area (Å²) >= 11 is 0. The highest BCUT2D eigenvalue weighted by Crippen LogP contribution is 2.40.